The molecule has 2 N–H and O–H groups in total. The van der Waals surface area contributed by atoms with Crippen LogP contribution in [0.5, 0.6) is 11.5 Å². The van der Waals surface area contributed by atoms with Crippen molar-refractivity contribution in [2.45, 2.75) is 25.7 Å². The zero-order valence-corrected chi connectivity index (χ0v) is 19.6. The zero-order valence-electron chi connectivity index (χ0n) is 17.9. The van der Waals surface area contributed by atoms with Crippen molar-refractivity contribution >= 4 is 30.9 Å². The Morgan fingerprint density at radius 3 is 2.17 bits per heavy atom. The van der Waals surface area contributed by atoms with E-state index in [0.717, 1.165) is 24.3 Å². The number of alkyl halides is 3. The highest BCUT2D eigenvalue weighted by Gasteiger charge is 2.55. The van der Waals surface area contributed by atoms with Gasteiger partial charge in [0.15, 0.2) is 0 Å². The quantitative estimate of drug-likeness (QED) is 0.136. The molecule has 0 atom stereocenters. The van der Waals surface area contributed by atoms with Crippen LogP contribution in [0.1, 0.15) is 29.8 Å². The molecule has 0 aliphatic heterocycles. The molecule has 0 aromatic heterocycles. The highest BCUT2D eigenvalue weighted by molar-refractivity contribution is 7.52. The number of carbonyl (C=O) groups is 1. The summed E-state index contributed by atoms with van der Waals surface area (Å²) >= 11 is 5.83. The first-order valence-electron chi connectivity index (χ1n) is 9.55. The summed E-state index contributed by atoms with van der Waals surface area (Å²) in [6.07, 6.45) is -4.67. The number of hydrogen-bond acceptors (Lipinski definition) is 8. The summed E-state index contributed by atoms with van der Waals surface area (Å²) in [6.45, 7) is 1.88. The van der Waals surface area contributed by atoms with Crippen molar-refractivity contribution in [1.29, 1.82) is 0 Å². The lowest BCUT2D eigenvalue weighted by Crippen LogP contribution is -2.41. The van der Waals surface area contributed by atoms with E-state index in [-0.39, 0.29) is 24.7 Å². The van der Waals surface area contributed by atoms with Crippen molar-refractivity contribution in [3.63, 3.8) is 0 Å². The predicted octanol–water partition coefficient (Wildman–Crippen LogP) is 5.08. The monoisotopic (exact) mass is 543 g/mol. The van der Waals surface area contributed by atoms with Crippen LogP contribution in [0.25, 0.3) is 0 Å². The van der Waals surface area contributed by atoms with Crippen molar-refractivity contribution in [3.8, 4) is 11.5 Å². The van der Waals surface area contributed by atoms with Crippen molar-refractivity contribution in [3.05, 3.63) is 62.7 Å². The number of esters is 1. The Bertz CT molecular complexity index is 1150. The molecule has 16 heteroatoms. The third-order valence-electron chi connectivity index (χ3n) is 4.10. The molecule has 2 aromatic rings. The zero-order chi connectivity index (χ0) is 26.6. The van der Waals surface area contributed by atoms with E-state index in [1.807, 2.05) is 0 Å². The van der Waals surface area contributed by atoms with Gasteiger partial charge in [-0.15, -0.1) is 0 Å². The van der Waals surface area contributed by atoms with Gasteiger partial charge in [0.2, 0.25) is 0 Å². The minimum Gasteiger partial charge on any atom is -0.456 e. The normalized spacial score (nSPS) is 12.3. The molecule has 2 aromatic carbocycles. The Morgan fingerprint density at radius 1 is 1.11 bits per heavy atom. The number of nitro benzene ring substituents is 1. The van der Waals surface area contributed by atoms with Gasteiger partial charge in [-0.2, -0.15) is 13.2 Å². The van der Waals surface area contributed by atoms with E-state index < -0.39 is 52.2 Å². The first-order valence-corrected chi connectivity index (χ1v) is 11.5. The smallest absolute Gasteiger partial charge is 0.436 e. The van der Waals surface area contributed by atoms with Gasteiger partial charge in [-0.3, -0.25) is 10.1 Å². The molecule has 0 saturated carbocycles. The lowest BCUT2D eigenvalue weighted by molar-refractivity contribution is -0.385. The molecule has 0 amide bonds. The number of nitro groups is 1. The fourth-order valence-electron chi connectivity index (χ4n) is 2.65. The van der Waals surface area contributed by atoms with Gasteiger partial charge >= 0.3 is 25.5 Å². The Morgan fingerprint density at radius 2 is 1.71 bits per heavy atom. The maximum absolute atomic E-state index is 12.8. The van der Waals surface area contributed by atoms with Gasteiger partial charge in [0.25, 0.3) is 5.69 Å². The summed E-state index contributed by atoms with van der Waals surface area (Å²) in [6, 6.07) is 4.77. The average Bonchev–Trinajstić information content (AvgIpc) is 2.73. The highest BCUT2D eigenvalue weighted by atomic mass is 35.5. The van der Waals surface area contributed by atoms with E-state index in [2.05, 4.69) is 0 Å². The summed E-state index contributed by atoms with van der Waals surface area (Å²) in [4.78, 5) is 42.5. The lowest BCUT2D eigenvalue weighted by Gasteiger charge is -2.31. The van der Waals surface area contributed by atoms with E-state index in [4.69, 9.17) is 30.5 Å². The van der Waals surface area contributed by atoms with Crippen LogP contribution in [-0.4, -0.2) is 39.6 Å². The molecule has 0 saturated heterocycles. The number of ether oxygens (including phenoxy) is 4. The van der Waals surface area contributed by atoms with Gasteiger partial charge < -0.3 is 28.7 Å². The van der Waals surface area contributed by atoms with Crippen molar-refractivity contribution < 1.29 is 56.2 Å². The topological polar surface area (TPSA) is 155 Å². The van der Waals surface area contributed by atoms with Crippen LogP contribution in [0.2, 0.25) is 5.02 Å². The third-order valence-corrected chi connectivity index (χ3v) is 5.46. The summed E-state index contributed by atoms with van der Waals surface area (Å²) < 4.78 is 70.3. The molecule has 0 bridgehead atoms. The first kappa shape index (κ1) is 28.5. The molecule has 11 nitrogen and oxygen atoms in total. The van der Waals surface area contributed by atoms with E-state index in [1.54, 1.807) is 0 Å². The molecule has 0 aliphatic rings. The van der Waals surface area contributed by atoms with Crippen molar-refractivity contribution in [2.75, 3.05) is 13.2 Å². The summed E-state index contributed by atoms with van der Waals surface area (Å²) in [5.41, 5.74) is -5.90. The molecule has 35 heavy (non-hydrogen) atoms. The Hall–Kier alpha value is -2.74. The second kappa shape index (κ2) is 10.9. The molecule has 0 fully saturated rings. The number of hydrogen-bond donors (Lipinski definition) is 2. The summed E-state index contributed by atoms with van der Waals surface area (Å²) in [5, 5.41) is 11.0. The molecule has 0 heterocycles. The molecule has 2 rings (SSSR count). The highest BCUT2D eigenvalue weighted by Crippen LogP contribution is 2.53. The van der Waals surface area contributed by atoms with Gasteiger partial charge in [-0.1, -0.05) is 11.6 Å². The number of carbonyl (C=O) groups excluding carboxylic acids is 1. The van der Waals surface area contributed by atoms with Gasteiger partial charge in [0.1, 0.15) is 17.1 Å². The second-order valence-corrected chi connectivity index (χ2v) is 8.55. The number of rotatable bonds is 10. The van der Waals surface area contributed by atoms with E-state index in [1.165, 1.54) is 13.8 Å². The van der Waals surface area contributed by atoms with Crippen LogP contribution in [0.15, 0.2) is 36.4 Å². The summed E-state index contributed by atoms with van der Waals surface area (Å²) in [5.74, 6) is -2.19. The second-order valence-electron chi connectivity index (χ2n) is 6.50. The maximum atomic E-state index is 12.8. The van der Waals surface area contributed by atoms with Crippen LogP contribution >= 0.6 is 19.2 Å². The van der Waals surface area contributed by atoms with E-state index in [9.17, 15) is 42.4 Å². The van der Waals surface area contributed by atoms with E-state index >= 15 is 0 Å². The molecular formula is C19H18ClF3NO10P. The first-order chi connectivity index (χ1) is 16.1. The fraction of sp³-hybridized carbons (Fsp3) is 0.316. The minimum absolute atomic E-state index is 0.277. The Labute approximate surface area is 200 Å². The van der Waals surface area contributed by atoms with Crippen LogP contribution in [0, 0.1) is 10.1 Å². The van der Waals surface area contributed by atoms with Crippen molar-refractivity contribution in [2.24, 2.45) is 0 Å². The predicted molar refractivity (Wildman–Crippen MR) is 113 cm³/mol. The van der Waals surface area contributed by atoms with Crippen LogP contribution in [-0.2, 0) is 25.0 Å². The maximum Gasteiger partial charge on any atom is 0.436 e. The molecule has 0 unspecified atom stereocenters. The van der Waals surface area contributed by atoms with Crippen LogP contribution in [0.4, 0.5) is 18.9 Å². The van der Waals surface area contributed by atoms with Crippen LogP contribution in [0.3, 0.4) is 0 Å². The molecule has 0 aliphatic carbocycles. The molecule has 0 spiro atoms. The number of nitrogens with zero attached hydrogens (tertiary/aromatic N) is 1. The Kier molecular flexibility index (Phi) is 8.87. The Balaban J connectivity index is 2.48. The largest absolute Gasteiger partial charge is 0.456 e. The molecule has 0 radical (unpaired) electrons. The standard InChI is InChI=1S/C19H18ClF3NO10P/c1-3-31-19(32-4-2,35(28,29)30)34-17(25)13-10-12(6-7-15(13)24(26)27)33-16-8-5-11(9-14(16)20)18(21,22)23/h5-10H,3-4H2,1-2H3,(H2,28,29,30). The van der Waals surface area contributed by atoms with E-state index in [0.29, 0.717) is 12.1 Å². The molecular weight excluding hydrogens is 526 g/mol. The molecule has 192 valence electrons. The van der Waals surface area contributed by atoms with Gasteiger partial charge in [0, 0.05) is 12.1 Å². The van der Waals surface area contributed by atoms with Gasteiger partial charge in [-0.25, -0.2) is 9.36 Å². The number of halogens is 4. The van der Waals surface area contributed by atoms with Crippen LogP contribution < -0.4 is 4.74 Å². The fourth-order valence-corrected chi connectivity index (χ4v) is 3.67. The van der Waals surface area contributed by atoms with Crippen molar-refractivity contribution in [1.82, 2.24) is 0 Å². The summed E-state index contributed by atoms with van der Waals surface area (Å²) in [7, 11) is -5.44. The van der Waals surface area contributed by atoms with Gasteiger partial charge in [-0.05, 0) is 38.1 Å². The number of benzene rings is 2. The lowest BCUT2D eigenvalue weighted by atomic mass is 10.1. The minimum atomic E-state index is -5.44. The third kappa shape index (κ3) is 6.69. The average molecular weight is 544 g/mol. The SMILES string of the molecule is CCOC(OCC)(OC(=O)c1cc(Oc2ccc(C(F)(F)F)cc2Cl)ccc1[N+](=O)[O-])P(=O)(O)O. The van der Waals surface area contributed by atoms with Gasteiger partial charge in [0.05, 0.1) is 28.7 Å².